The van der Waals surface area contributed by atoms with Crippen LogP contribution in [-0.4, -0.2) is 33.3 Å². The maximum Gasteiger partial charge on any atom is 0.228 e. The van der Waals surface area contributed by atoms with Gasteiger partial charge in [-0.3, -0.25) is 9.69 Å². The standard InChI is InChI=1S/C21H20BrN5O/c22-17-4-5-20(24-12-17)25-21(28)15-6-9-26(10-7-15)13-16-14-27-8-2-1-3-19(27)18(16)11-23/h1-5,8,12,14-15H,6-7,9-10,13H2,(H,24,25,28). The van der Waals surface area contributed by atoms with Gasteiger partial charge in [-0.05, 0) is 66.1 Å². The maximum atomic E-state index is 12.5. The Hall–Kier alpha value is -2.69. The second kappa shape index (κ2) is 8.13. The lowest BCUT2D eigenvalue weighted by Gasteiger charge is -2.31. The van der Waals surface area contributed by atoms with Gasteiger partial charge in [0.2, 0.25) is 5.91 Å². The van der Waals surface area contributed by atoms with Crippen LogP contribution in [0.4, 0.5) is 5.82 Å². The molecule has 1 amide bonds. The number of amides is 1. The number of rotatable bonds is 4. The first-order chi connectivity index (χ1) is 13.6. The summed E-state index contributed by atoms with van der Waals surface area (Å²) in [5, 5.41) is 12.5. The molecule has 1 saturated heterocycles. The van der Waals surface area contributed by atoms with E-state index in [0.717, 1.165) is 53.6 Å². The fraction of sp³-hybridized carbons (Fsp3) is 0.286. The average molecular weight is 438 g/mol. The zero-order valence-corrected chi connectivity index (χ0v) is 16.9. The van der Waals surface area contributed by atoms with E-state index in [2.05, 4.69) is 37.2 Å². The van der Waals surface area contributed by atoms with E-state index in [1.807, 2.05) is 41.1 Å². The van der Waals surface area contributed by atoms with Gasteiger partial charge in [0, 0.05) is 41.1 Å². The fourth-order valence-corrected chi connectivity index (χ4v) is 3.93. The zero-order chi connectivity index (χ0) is 19.5. The molecular weight excluding hydrogens is 418 g/mol. The topological polar surface area (TPSA) is 73.4 Å². The largest absolute Gasteiger partial charge is 0.322 e. The van der Waals surface area contributed by atoms with Crippen molar-refractivity contribution < 1.29 is 4.79 Å². The predicted molar refractivity (Wildman–Crippen MR) is 111 cm³/mol. The number of carbonyl (C=O) groups excluding carboxylic acids is 1. The number of hydrogen-bond acceptors (Lipinski definition) is 4. The molecule has 0 atom stereocenters. The van der Waals surface area contributed by atoms with Gasteiger partial charge in [-0.2, -0.15) is 5.26 Å². The van der Waals surface area contributed by atoms with Crippen molar-refractivity contribution in [2.75, 3.05) is 18.4 Å². The summed E-state index contributed by atoms with van der Waals surface area (Å²) in [6.07, 6.45) is 7.28. The molecule has 142 valence electrons. The summed E-state index contributed by atoms with van der Waals surface area (Å²) in [4.78, 5) is 19.0. The summed E-state index contributed by atoms with van der Waals surface area (Å²) in [6, 6.07) is 11.9. The third-order valence-corrected chi connectivity index (χ3v) is 5.67. The highest BCUT2D eigenvalue weighted by Crippen LogP contribution is 2.24. The summed E-state index contributed by atoms with van der Waals surface area (Å²) >= 11 is 3.34. The van der Waals surface area contributed by atoms with Gasteiger partial charge >= 0.3 is 0 Å². The van der Waals surface area contributed by atoms with E-state index in [0.29, 0.717) is 5.82 Å². The zero-order valence-electron chi connectivity index (χ0n) is 15.3. The number of aromatic nitrogens is 2. The van der Waals surface area contributed by atoms with Crippen LogP contribution in [0.3, 0.4) is 0 Å². The molecule has 4 heterocycles. The Morgan fingerprint density at radius 1 is 1.29 bits per heavy atom. The molecule has 0 aromatic carbocycles. The highest BCUT2D eigenvalue weighted by molar-refractivity contribution is 9.10. The van der Waals surface area contributed by atoms with Gasteiger partial charge in [0.25, 0.3) is 0 Å². The number of carbonyl (C=O) groups is 1. The first-order valence-electron chi connectivity index (χ1n) is 9.27. The van der Waals surface area contributed by atoms with Crippen molar-refractivity contribution in [1.29, 1.82) is 5.26 Å². The lowest BCUT2D eigenvalue weighted by atomic mass is 9.95. The third kappa shape index (κ3) is 3.93. The van der Waals surface area contributed by atoms with Crippen LogP contribution in [0.25, 0.3) is 5.52 Å². The van der Waals surface area contributed by atoms with E-state index in [1.54, 1.807) is 12.3 Å². The Morgan fingerprint density at radius 3 is 2.82 bits per heavy atom. The molecule has 0 aliphatic carbocycles. The molecule has 28 heavy (non-hydrogen) atoms. The molecule has 6 nitrogen and oxygen atoms in total. The van der Waals surface area contributed by atoms with Crippen molar-refractivity contribution in [1.82, 2.24) is 14.3 Å². The Bertz CT molecular complexity index is 1030. The van der Waals surface area contributed by atoms with Crippen LogP contribution < -0.4 is 5.32 Å². The minimum Gasteiger partial charge on any atom is -0.322 e. The van der Waals surface area contributed by atoms with Gasteiger partial charge < -0.3 is 9.72 Å². The number of nitriles is 1. The van der Waals surface area contributed by atoms with Crippen molar-refractivity contribution in [2.45, 2.75) is 19.4 Å². The highest BCUT2D eigenvalue weighted by Gasteiger charge is 2.26. The Labute approximate surface area is 171 Å². The molecule has 1 fully saturated rings. The van der Waals surface area contributed by atoms with Crippen LogP contribution >= 0.6 is 15.9 Å². The van der Waals surface area contributed by atoms with Crippen LogP contribution in [0.2, 0.25) is 0 Å². The summed E-state index contributed by atoms with van der Waals surface area (Å²) in [6.45, 7) is 2.40. The van der Waals surface area contributed by atoms with Crippen molar-refractivity contribution in [3.05, 3.63) is 64.5 Å². The molecule has 0 spiro atoms. The average Bonchev–Trinajstić information content (AvgIpc) is 3.07. The van der Waals surface area contributed by atoms with Crippen LogP contribution in [0.1, 0.15) is 24.0 Å². The molecule has 0 saturated carbocycles. The Balaban J connectivity index is 1.36. The van der Waals surface area contributed by atoms with E-state index in [-0.39, 0.29) is 11.8 Å². The number of pyridine rings is 2. The lowest BCUT2D eigenvalue weighted by Crippen LogP contribution is -2.37. The normalized spacial score (nSPS) is 15.4. The highest BCUT2D eigenvalue weighted by atomic mass is 79.9. The number of hydrogen-bond donors (Lipinski definition) is 1. The van der Waals surface area contributed by atoms with Gasteiger partial charge in [0.05, 0.1) is 11.1 Å². The number of piperidine rings is 1. The molecule has 0 radical (unpaired) electrons. The Kier molecular flexibility index (Phi) is 5.42. The first-order valence-corrected chi connectivity index (χ1v) is 10.1. The van der Waals surface area contributed by atoms with Crippen molar-refractivity contribution in [2.24, 2.45) is 5.92 Å². The second-order valence-corrected chi connectivity index (χ2v) is 7.95. The molecule has 1 aliphatic heterocycles. The summed E-state index contributed by atoms with van der Waals surface area (Å²) in [5.41, 5.74) is 2.72. The molecule has 0 unspecified atom stereocenters. The summed E-state index contributed by atoms with van der Waals surface area (Å²) < 4.78 is 2.88. The van der Waals surface area contributed by atoms with Crippen LogP contribution in [0, 0.1) is 17.2 Å². The van der Waals surface area contributed by atoms with Gasteiger partial charge in [-0.1, -0.05) is 6.07 Å². The van der Waals surface area contributed by atoms with Crippen LogP contribution in [0.5, 0.6) is 0 Å². The number of halogens is 1. The SMILES string of the molecule is N#Cc1c(CN2CCC(C(=O)Nc3ccc(Br)cn3)CC2)cn2ccccc12. The van der Waals surface area contributed by atoms with Crippen LogP contribution in [0.15, 0.2) is 53.4 Å². The number of fused-ring (bicyclic) bond motifs is 1. The van der Waals surface area contributed by atoms with E-state index in [9.17, 15) is 10.1 Å². The molecule has 4 rings (SSSR count). The summed E-state index contributed by atoms with van der Waals surface area (Å²) in [5.74, 6) is 0.599. The van der Waals surface area contributed by atoms with Crippen molar-refractivity contribution in [3.63, 3.8) is 0 Å². The molecule has 1 N–H and O–H groups in total. The number of nitrogens with zero attached hydrogens (tertiary/aromatic N) is 4. The Morgan fingerprint density at radius 2 is 2.11 bits per heavy atom. The van der Waals surface area contributed by atoms with Crippen LogP contribution in [-0.2, 0) is 11.3 Å². The smallest absolute Gasteiger partial charge is 0.228 e. The molecule has 3 aromatic heterocycles. The number of anilines is 1. The monoisotopic (exact) mass is 437 g/mol. The molecule has 1 aliphatic rings. The van der Waals surface area contributed by atoms with Gasteiger partial charge in [0.1, 0.15) is 11.9 Å². The van der Waals surface area contributed by atoms with Gasteiger partial charge in [0.15, 0.2) is 0 Å². The number of likely N-dealkylation sites (tertiary alicyclic amines) is 1. The van der Waals surface area contributed by atoms with E-state index < -0.39 is 0 Å². The summed E-state index contributed by atoms with van der Waals surface area (Å²) in [7, 11) is 0. The van der Waals surface area contributed by atoms with Crippen molar-refractivity contribution in [3.8, 4) is 6.07 Å². The fourth-order valence-electron chi connectivity index (χ4n) is 3.70. The van der Waals surface area contributed by atoms with Gasteiger partial charge in [-0.15, -0.1) is 0 Å². The predicted octanol–water partition coefficient (Wildman–Crippen LogP) is 3.82. The van der Waals surface area contributed by atoms with E-state index in [1.165, 1.54) is 0 Å². The number of nitrogens with one attached hydrogen (secondary N) is 1. The molecule has 3 aromatic rings. The third-order valence-electron chi connectivity index (χ3n) is 5.21. The minimum atomic E-state index is -0.00903. The van der Waals surface area contributed by atoms with Gasteiger partial charge in [-0.25, -0.2) is 4.98 Å². The second-order valence-electron chi connectivity index (χ2n) is 7.04. The van der Waals surface area contributed by atoms with E-state index >= 15 is 0 Å². The maximum absolute atomic E-state index is 12.5. The molecule has 7 heteroatoms. The first kappa shape index (κ1) is 18.7. The minimum absolute atomic E-state index is 0.00903. The molecular formula is C21H20BrN5O. The van der Waals surface area contributed by atoms with E-state index in [4.69, 9.17) is 0 Å². The molecule has 0 bridgehead atoms. The quantitative estimate of drug-likeness (QED) is 0.672. The lowest BCUT2D eigenvalue weighted by molar-refractivity contribution is -0.121. The van der Waals surface area contributed by atoms with Crippen molar-refractivity contribution >= 4 is 33.2 Å².